The van der Waals surface area contributed by atoms with Crippen molar-refractivity contribution in [2.45, 2.75) is 20.8 Å². The van der Waals surface area contributed by atoms with Crippen molar-refractivity contribution in [3.05, 3.63) is 41.8 Å². The minimum absolute atomic E-state index is 0.0697. The van der Waals surface area contributed by atoms with Crippen molar-refractivity contribution in [2.24, 2.45) is 0 Å². The van der Waals surface area contributed by atoms with E-state index in [0.717, 1.165) is 27.6 Å². The Bertz CT molecular complexity index is 816. The number of benzene rings is 1. The average Bonchev–Trinajstić information content (AvgIpc) is 2.94. The summed E-state index contributed by atoms with van der Waals surface area (Å²) >= 11 is 0. The topological polar surface area (TPSA) is 46.3 Å². The predicted molar refractivity (Wildman–Crippen MR) is 83.5 cm³/mol. The number of hydrogen-bond donors (Lipinski definition) is 0. The zero-order valence-electron chi connectivity index (χ0n) is 12.5. The molecule has 1 amide bonds. The number of para-hydroxylation sites is 1. The molecule has 0 unspecified atom stereocenters. The Labute approximate surface area is 123 Å². The molecule has 108 valence electrons. The van der Waals surface area contributed by atoms with Crippen LogP contribution in [0, 0.1) is 6.92 Å². The third-order valence-corrected chi connectivity index (χ3v) is 3.82. The molecule has 3 rings (SSSR count). The molecule has 0 saturated carbocycles. The summed E-state index contributed by atoms with van der Waals surface area (Å²) < 4.78 is 5.88. The molecule has 3 aromatic rings. The fourth-order valence-electron chi connectivity index (χ4n) is 2.64. The summed E-state index contributed by atoms with van der Waals surface area (Å²) in [6, 6.07) is 9.64. The first-order chi connectivity index (χ1) is 10.2. The summed E-state index contributed by atoms with van der Waals surface area (Å²) in [7, 11) is 0. The monoisotopic (exact) mass is 282 g/mol. The van der Waals surface area contributed by atoms with Crippen molar-refractivity contribution in [3.63, 3.8) is 0 Å². The lowest BCUT2D eigenvalue weighted by molar-refractivity contribution is 0.0743. The number of aryl methyl sites for hydroxylation is 1. The Hall–Kier alpha value is -2.36. The highest BCUT2D eigenvalue weighted by molar-refractivity contribution is 6.06. The molecule has 0 aliphatic heterocycles. The van der Waals surface area contributed by atoms with E-state index in [4.69, 9.17) is 4.42 Å². The van der Waals surface area contributed by atoms with Crippen LogP contribution in [0.15, 0.2) is 34.7 Å². The molecule has 2 aromatic heterocycles. The van der Waals surface area contributed by atoms with E-state index in [-0.39, 0.29) is 5.91 Å². The van der Waals surface area contributed by atoms with E-state index in [1.807, 2.05) is 51.1 Å². The van der Waals surface area contributed by atoms with Crippen LogP contribution in [0.5, 0.6) is 0 Å². The van der Waals surface area contributed by atoms with Gasteiger partial charge in [-0.25, -0.2) is 0 Å². The van der Waals surface area contributed by atoms with Gasteiger partial charge in [-0.1, -0.05) is 12.1 Å². The quantitative estimate of drug-likeness (QED) is 0.734. The molecule has 0 radical (unpaired) electrons. The van der Waals surface area contributed by atoms with E-state index >= 15 is 0 Å². The Morgan fingerprint density at radius 3 is 2.62 bits per heavy atom. The summed E-state index contributed by atoms with van der Waals surface area (Å²) in [5.74, 6) is 0.314. The van der Waals surface area contributed by atoms with Crippen LogP contribution in [0.4, 0.5) is 0 Å². The van der Waals surface area contributed by atoms with E-state index in [0.29, 0.717) is 18.8 Å². The fraction of sp³-hybridized carbons (Fsp3) is 0.294. The van der Waals surface area contributed by atoms with E-state index in [9.17, 15) is 4.79 Å². The van der Waals surface area contributed by atoms with Gasteiger partial charge in [-0.05, 0) is 39.0 Å². The van der Waals surface area contributed by atoms with Gasteiger partial charge in [0.2, 0.25) is 0 Å². The van der Waals surface area contributed by atoms with Gasteiger partial charge in [-0.2, -0.15) is 0 Å². The molecule has 1 aromatic carbocycles. The molecular weight excluding hydrogens is 264 g/mol. The Balaban J connectivity index is 2.22. The van der Waals surface area contributed by atoms with Gasteiger partial charge in [0.1, 0.15) is 5.58 Å². The third kappa shape index (κ3) is 2.17. The normalized spacial score (nSPS) is 11.2. The minimum atomic E-state index is -0.0697. The number of carbonyl (C=O) groups excluding carboxylic acids is 1. The number of hydrogen-bond acceptors (Lipinski definition) is 3. The van der Waals surface area contributed by atoms with Crippen molar-refractivity contribution in [1.29, 1.82) is 0 Å². The van der Waals surface area contributed by atoms with Crippen LogP contribution in [0.1, 0.15) is 30.1 Å². The Morgan fingerprint density at radius 1 is 1.19 bits per heavy atom. The number of fused-ring (bicyclic) bond motifs is 3. The third-order valence-electron chi connectivity index (χ3n) is 3.82. The van der Waals surface area contributed by atoms with Crippen LogP contribution in [-0.2, 0) is 0 Å². The van der Waals surface area contributed by atoms with Gasteiger partial charge in [0.25, 0.3) is 5.91 Å². The highest BCUT2D eigenvalue weighted by atomic mass is 16.3. The standard InChI is InChI=1S/C17H18N2O2/c1-4-19(5-2)17(20)15-10-13-11(3)18-14-9-7-6-8-12(14)16(13)21-15/h6-10H,4-5H2,1-3H3. The number of amides is 1. The minimum Gasteiger partial charge on any atom is -0.450 e. The maximum Gasteiger partial charge on any atom is 0.289 e. The second-order valence-corrected chi connectivity index (χ2v) is 5.05. The van der Waals surface area contributed by atoms with E-state index in [1.165, 1.54) is 0 Å². The molecule has 0 N–H and O–H groups in total. The van der Waals surface area contributed by atoms with Crippen molar-refractivity contribution in [3.8, 4) is 0 Å². The Morgan fingerprint density at radius 2 is 1.90 bits per heavy atom. The SMILES string of the molecule is CCN(CC)C(=O)c1cc2c(C)nc3ccccc3c2o1. The van der Waals surface area contributed by atoms with E-state index < -0.39 is 0 Å². The number of carbonyl (C=O) groups is 1. The molecule has 0 aliphatic rings. The molecule has 0 spiro atoms. The molecule has 0 fully saturated rings. The highest BCUT2D eigenvalue weighted by Crippen LogP contribution is 2.29. The summed E-state index contributed by atoms with van der Waals surface area (Å²) in [4.78, 5) is 18.8. The lowest BCUT2D eigenvalue weighted by atomic mass is 10.1. The van der Waals surface area contributed by atoms with Crippen molar-refractivity contribution in [1.82, 2.24) is 9.88 Å². The highest BCUT2D eigenvalue weighted by Gasteiger charge is 2.19. The van der Waals surface area contributed by atoms with Gasteiger partial charge in [0.05, 0.1) is 5.52 Å². The second-order valence-electron chi connectivity index (χ2n) is 5.05. The van der Waals surface area contributed by atoms with Crippen LogP contribution < -0.4 is 0 Å². The maximum atomic E-state index is 12.4. The van der Waals surface area contributed by atoms with Crippen LogP contribution in [0.2, 0.25) is 0 Å². The van der Waals surface area contributed by atoms with Crippen LogP contribution in [-0.4, -0.2) is 28.9 Å². The number of furan rings is 1. The smallest absolute Gasteiger partial charge is 0.289 e. The number of aromatic nitrogens is 1. The lowest BCUT2D eigenvalue weighted by Crippen LogP contribution is -2.30. The van der Waals surface area contributed by atoms with Crippen LogP contribution in [0.3, 0.4) is 0 Å². The molecule has 0 aliphatic carbocycles. The van der Waals surface area contributed by atoms with Gasteiger partial charge in [0.15, 0.2) is 5.76 Å². The predicted octanol–water partition coefficient (Wildman–Crippen LogP) is 3.77. The molecule has 0 bridgehead atoms. The van der Waals surface area contributed by atoms with Crippen molar-refractivity contribution < 1.29 is 9.21 Å². The zero-order valence-corrected chi connectivity index (χ0v) is 12.5. The summed E-state index contributed by atoms with van der Waals surface area (Å²) in [5, 5.41) is 1.85. The molecular formula is C17H18N2O2. The molecule has 4 nitrogen and oxygen atoms in total. The molecule has 0 atom stereocenters. The van der Waals surface area contributed by atoms with Gasteiger partial charge >= 0.3 is 0 Å². The average molecular weight is 282 g/mol. The van der Waals surface area contributed by atoms with Crippen LogP contribution in [0.25, 0.3) is 21.9 Å². The van der Waals surface area contributed by atoms with Gasteiger partial charge < -0.3 is 9.32 Å². The number of nitrogens with zero attached hydrogens (tertiary/aromatic N) is 2. The van der Waals surface area contributed by atoms with Gasteiger partial charge in [-0.3, -0.25) is 9.78 Å². The largest absolute Gasteiger partial charge is 0.450 e. The number of pyridine rings is 1. The molecule has 0 saturated heterocycles. The van der Waals surface area contributed by atoms with Gasteiger partial charge in [-0.15, -0.1) is 0 Å². The maximum absolute atomic E-state index is 12.4. The van der Waals surface area contributed by atoms with Crippen LogP contribution >= 0.6 is 0 Å². The van der Waals surface area contributed by atoms with Crippen molar-refractivity contribution >= 4 is 27.8 Å². The van der Waals surface area contributed by atoms with Gasteiger partial charge in [0, 0.05) is 29.6 Å². The lowest BCUT2D eigenvalue weighted by Gasteiger charge is -2.16. The fourth-order valence-corrected chi connectivity index (χ4v) is 2.64. The molecule has 4 heteroatoms. The molecule has 2 heterocycles. The summed E-state index contributed by atoms with van der Waals surface area (Å²) in [6.45, 7) is 7.21. The number of rotatable bonds is 3. The summed E-state index contributed by atoms with van der Waals surface area (Å²) in [5.41, 5.74) is 2.51. The van der Waals surface area contributed by atoms with Crippen molar-refractivity contribution in [2.75, 3.05) is 13.1 Å². The first kappa shape index (κ1) is 13.6. The summed E-state index contributed by atoms with van der Waals surface area (Å²) in [6.07, 6.45) is 0. The molecule has 21 heavy (non-hydrogen) atoms. The first-order valence-electron chi connectivity index (χ1n) is 7.23. The second kappa shape index (κ2) is 5.20. The zero-order chi connectivity index (χ0) is 15.0. The Kier molecular flexibility index (Phi) is 3.37. The van der Waals surface area contributed by atoms with E-state index in [2.05, 4.69) is 4.98 Å². The first-order valence-corrected chi connectivity index (χ1v) is 7.23. The van der Waals surface area contributed by atoms with E-state index in [1.54, 1.807) is 4.90 Å².